The van der Waals surface area contributed by atoms with Gasteiger partial charge in [0.25, 0.3) is 5.91 Å². The molecule has 102 valence electrons. The average Bonchev–Trinajstić information content (AvgIpc) is 2.56. The minimum absolute atomic E-state index is 0.0786. The van der Waals surface area contributed by atoms with E-state index in [1.165, 1.54) is 6.07 Å². The fraction of sp³-hybridized carbons (Fsp3) is 0.545. The van der Waals surface area contributed by atoms with Crippen LogP contribution in [0.1, 0.15) is 27.9 Å². The van der Waals surface area contributed by atoms with Gasteiger partial charge in [-0.05, 0) is 19.4 Å². The highest BCUT2D eigenvalue weighted by Crippen LogP contribution is 2.26. The molecule has 0 fully saturated rings. The lowest BCUT2D eigenvalue weighted by Gasteiger charge is -2.22. The number of hydrogen-bond acceptors (Lipinski definition) is 3. The largest absolute Gasteiger partial charge is 0.406 e. The van der Waals surface area contributed by atoms with Crippen LogP contribution in [0, 0.1) is 6.92 Å². The summed E-state index contributed by atoms with van der Waals surface area (Å²) < 4.78 is 37.1. The van der Waals surface area contributed by atoms with Crippen LogP contribution in [-0.4, -0.2) is 30.1 Å². The fourth-order valence-corrected chi connectivity index (χ4v) is 2.41. The molecule has 18 heavy (non-hydrogen) atoms. The third-order valence-corrected chi connectivity index (χ3v) is 3.37. The van der Waals surface area contributed by atoms with Crippen molar-refractivity contribution >= 4 is 22.9 Å². The van der Waals surface area contributed by atoms with Gasteiger partial charge in [0.05, 0.1) is 4.88 Å². The number of rotatable bonds is 4. The summed E-state index contributed by atoms with van der Waals surface area (Å²) in [6.07, 6.45) is -3.91. The summed E-state index contributed by atoms with van der Waals surface area (Å²) in [7, 11) is 0. The number of halogens is 3. The molecule has 1 amide bonds. The molecule has 1 aromatic heterocycles. The molecule has 0 aliphatic rings. The molecule has 1 heterocycles. The van der Waals surface area contributed by atoms with E-state index in [-0.39, 0.29) is 11.4 Å². The van der Waals surface area contributed by atoms with Gasteiger partial charge in [-0.1, -0.05) is 6.92 Å². The van der Waals surface area contributed by atoms with E-state index >= 15 is 0 Å². The number of nitrogen functional groups attached to an aromatic ring is 1. The quantitative estimate of drug-likeness (QED) is 0.921. The Morgan fingerprint density at radius 1 is 1.50 bits per heavy atom. The maximum Gasteiger partial charge on any atom is 0.406 e. The zero-order chi connectivity index (χ0) is 13.9. The number of thiophene rings is 1. The van der Waals surface area contributed by atoms with Crippen LogP contribution in [0.25, 0.3) is 0 Å². The van der Waals surface area contributed by atoms with Crippen LogP contribution in [0.15, 0.2) is 6.07 Å². The summed E-state index contributed by atoms with van der Waals surface area (Å²) in [6, 6.07) is 1.43. The highest BCUT2D eigenvalue weighted by molar-refractivity contribution is 7.14. The zero-order valence-electron chi connectivity index (χ0n) is 10.2. The summed E-state index contributed by atoms with van der Waals surface area (Å²) >= 11 is 1.12. The van der Waals surface area contributed by atoms with Crippen LogP contribution >= 0.6 is 11.3 Å². The van der Waals surface area contributed by atoms with Crippen molar-refractivity contribution in [2.45, 2.75) is 26.4 Å². The van der Waals surface area contributed by atoms with Crippen molar-refractivity contribution in [1.29, 1.82) is 0 Å². The Morgan fingerprint density at radius 2 is 2.11 bits per heavy atom. The van der Waals surface area contributed by atoms with Crippen molar-refractivity contribution in [2.75, 3.05) is 18.8 Å². The molecule has 3 nitrogen and oxygen atoms in total. The molecule has 0 radical (unpaired) electrons. The second-order valence-electron chi connectivity index (χ2n) is 3.96. The number of carbonyl (C=O) groups is 1. The van der Waals surface area contributed by atoms with E-state index in [1.807, 2.05) is 0 Å². The first-order valence-electron chi connectivity index (χ1n) is 5.46. The first kappa shape index (κ1) is 14.8. The second-order valence-corrected chi connectivity index (χ2v) is 5.22. The molecule has 0 spiro atoms. The van der Waals surface area contributed by atoms with Crippen molar-refractivity contribution in [3.63, 3.8) is 0 Å². The number of aryl methyl sites for hydroxylation is 1. The van der Waals surface area contributed by atoms with Crippen LogP contribution in [0.4, 0.5) is 18.9 Å². The van der Waals surface area contributed by atoms with Crippen molar-refractivity contribution in [1.82, 2.24) is 4.90 Å². The van der Waals surface area contributed by atoms with Gasteiger partial charge in [-0.15, -0.1) is 11.3 Å². The monoisotopic (exact) mass is 280 g/mol. The van der Waals surface area contributed by atoms with E-state index in [1.54, 1.807) is 13.8 Å². The lowest BCUT2D eigenvalue weighted by molar-refractivity contribution is -0.140. The standard InChI is InChI=1S/C11H15F3N2OS/c1-3-4-16(6-11(12,13)14)10(17)9-5-8(15)7(2)18-9/h5H,3-4,6,15H2,1-2H3. The summed E-state index contributed by atoms with van der Waals surface area (Å²) in [6.45, 7) is 2.31. The number of nitrogens with two attached hydrogens (primary N) is 1. The average molecular weight is 280 g/mol. The Hall–Kier alpha value is -1.24. The zero-order valence-corrected chi connectivity index (χ0v) is 11.0. The van der Waals surface area contributed by atoms with Gasteiger partial charge in [-0.2, -0.15) is 13.2 Å². The van der Waals surface area contributed by atoms with E-state index in [4.69, 9.17) is 5.73 Å². The molecule has 0 saturated carbocycles. The lowest BCUT2D eigenvalue weighted by atomic mass is 10.3. The summed E-state index contributed by atoms with van der Waals surface area (Å²) in [4.78, 5) is 13.8. The number of amides is 1. The third-order valence-electron chi connectivity index (χ3n) is 2.32. The Balaban J connectivity index is 2.88. The molecule has 1 rings (SSSR count). The molecular formula is C11H15F3N2OS. The molecule has 7 heteroatoms. The number of alkyl halides is 3. The van der Waals surface area contributed by atoms with Gasteiger partial charge in [0.1, 0.15) is 6.54 Å². The van der Waals surface area contributed by atoms with E-state index in [9.17, 15) is 18.0 Å². The van der Waals surface area contributed by atoms with Gasteiger partial charge in [-0.25, -0.2) is 0 Å². The van der Waals surface area contributed by atoms with Gasteiger partial charge in [0, 0.05) is 17.1 Å². The summed E-state index contributed by atoms with van der Waals surface area (Å²) in [5.74, 6) is -0.612. The van der Waals surface area contributed by atoms with E-state index in [2.05, 4.69) is 0 Å². The normalized spacial score (nSPS) is 11.6. The van der Waals surface area contributed by atoms with Gasteiger partial charge in [-0.3, -0.25) is 4.79 Å². The molecule has 0 aliphatic carbocycles. The predicted molar refractivity (Wildman–Crippen MR) is 65.7 cm³/mol. The molecule has 0 aliphatic heterocycles. The van der Waals surface area contributed by atoms with Crippen molar-refractivity contribution in [2.24, 2.45) is 0 Å². The third kappa shape index (κ3) is 3.90. The highest BCUT2D eigenvalue weighted by atomic mass is 32.1. The van der Waals surface area contributed by atoms with Crippen LogP contribution in [0.2, 0.25) is 0 Å². The topological polar surface area (TPSA) is 46.3 Å². The van der Waals surface area contributed by atoms with Gasteiger partial charge in [0.15, 0.2) is 0 Å². The number of carbonyl (C=O) groups excluding carboxylic acids is 1. The van der Waals surface area contributed by atoms with Crippen LogP contribution in [0.5, 0.6) is 0 Å². The molecule has 0 unspecified atom stereocenters. The molecule has 0 bridgehead atoms. The highest BCUT2D eigenvalue weighted by Gasteiger charge is 2.33. The minimum atomic E-state index is -4.39. The van der Waals surface area contributed by atoms with Gasteiger partial charge < -0.3 is 10.6 Å². The van der Waals surface area contributed by atoms with Crippen molar-refractivity contribution in [3.05, 3.63) is 15.8 Å². The van der Waals surface area contributed by atoms with E-state index in [0.717, 1.165) is 21.1 Å². The lowest BCUT2D eigenvalue weighted by Crippen LogP contribution is -2.39. The Kier molecular flexibility index (Phi) is 4.61. The molecule has 0 atom stereocenters. The molecule has 2 N–H and O–H groups in total. The number of anilines is 1. The fourth-order valence-electron chi connectivity index (χ4n) is 1.50. The molecule has 0 aromatic carbocycles. The van der Waals surface area contributed by atoms with Crippen LogP contribution < -0.4 is 5.73 Å². The first-order chi connectivity index (χ1) is 8.24. The van der Waals surface area contributed by atoms with E-state index < -0.39 is 18.6 Å². The Labute approximate surface area is 107 Å². The van der Waals surface area contributed by atoms with Gasteiger partial charge >= 0.3 is 6.18 Å². The predicted octanol–water partition coefficient (Wildman–Crippen LogP) is 3.05. The molecular weight excluding hydrogens is 265 g/mol. The maximum atomic E-state index is 12.4. The first-order valence-corrected chi connectivity index (χ1v) is 6.28. The van der Waals surface area contributed by atoms with Crippen molar-refractivity contribution in [3.8, 4) is 0 Å². The summed E-state index contributed by atoms with van der Waals surface area (Å²) in [5, 5.41) is 0. The Morgan fingerprint density at radius 3 is 2.50 bits per heavy atom. The number of nitrogens with zero attached hydrogens (tertiary/aromatic N) is 1. The summed E-state index contributed by atoms with van der Waals surface area (Å²) in [5.41, 5.74) is 6.03. The van der Waals surface area contributed by atoms with Gasteiger partial charge in [0.2, 0.25) is 0 Å². The maximum absolute atomic E-state index is 12.4. The van der Waals surface area contributed by atoms with Crippen LogP contribution in [-0.2, 0) is 0 Å². The SMILES string of the molecule is CCCN(CC(F)(F)F)C(=O)c1cc(N)c(C)s1. The van der Waals surface area contributed by atoms with Crippen LogP contribution in [0.3, 0.4) is 0 Å². The van der Waals surface area contributed by atoms with Crippen molar-refractivity contribution < 1.29 is 18.0 Å². The molecule has 0 saturated heterocycles. The smallest absolute Gasteiger partial charge is 0.398 e. The molecule has 1 aromatic rings. The van der Waals surface area contributed by atoms with E-state index in [0.29, 0.717) is 12.1 Å². The number of hydrogen-bond donors (Lipinski definition) is 1. The minimum Gasteiger partial charge on any atom is -0.398 e. The second kappa shape index (κ2) is 5.60. The Bertz CT molecular complexity index is 409.